The molecule has 6 heteroatoms. The van der Waals surface area contributed by atoms with Crippen LogP contribution in [0, 0.1) is 12.7 Å². The van der Waals surface area contributed by atoms with Crippen molar-refractivity contribution in [2.75, 3.05) is 0 Å². The molecule has 0 aliphatic carbocycles. The van der Waals surface area contributed by atoms with Gasteiger partial charge in [-0.2, -0.15) is 5.10 Å². The number of rotatable bonds is 3. The second-order valence-corrected chi connectivity index (χ2v) is 4.15. The summed E-state index contributed by atoms with van der Waals surface area (Å²) in [5.74, 6) is -2.15. The first-order valence-electron chi connectivity index (χ1n) is 5.53. The van der Waals surface area contributed by atoms with Crippen molar-refractivity contribution in [1.29, 1.82) is 0 Å². The standard InChI is InChI=1S/C13H11FN2O3/c1-8-4-12(17)16(15-6-8)7-9-2-3-10(13(18)19)11(14)5-9/h2-6H,7H2,1H3,(H,18,19). The molecule has 0 aliphatic rings. The van der Waals surface area contributed by atoms with Gasteiger partial charge < -0.3 is 5.11 Å². The van der Waals surface area contributed by atoms with E-state index in [4.69, 9.17) is 5.11 Å². The topological polar surface area (TPSA) is 72.2 Å². The third kappa shape index (κ3) is 2.85. The highest BCUT2D eigenvalue weighted by molar-refractivity contribution is 5.87. The largest absolute Gasteiger partial charge is 0.478 e. The Balaban J connectivity index is 2.31. The summed E-state index contributed by atoms with van der Waals surface area (Å²) in [6.07, 6.45) is 1.53. The Morgan fingerprint density at radius 3 is 2.74 bits per heavy atom. The molecule has 0 saturated carbocycles. The summed E-state index contributed by atoms with van der Waals surface area (Å²) >= 11 is 0. The van der Waals surface area contributed by atoms with Crippen LogP contribution in [0.4, 0.5) is 4.39 Å². The van der Waals surface area contributed by atoms with Crippen molar-refractivity contribution in [3.05, 3.63) is 63.3 Å². The lowest BCUT2D eigenvalue weighted by molar-refractivity contribution is 0.0692. The Labute approximate surface area is 107 Å². The summed E-state index contributed by atoms with van der Waals surface area (Å²) < 4.78 is 14.7. The average Bonchev–Trinajstić information content (AvgIpc) is 2.32. The van der Waals surface area contributed by atoms with Crippen LogP contribution in [0.15, 0.2) is 35.3 Å². The van der Waals surface area contributed by atoms with Gasteiger partial charge in [-0.1, -0.05) is 6.07 Å². The second kappa shape index (κ2) is 5.01. The van der Waals surface area contributed by atoms with Crippen LogP contribution in [0.25, 0.3) is 0 Å². The van der Waals surface area contributed by atoms with Gasteiger partial charge in [0.2, 0.25) is 0 Å². The molecule has 19 heavy (non-hydrogen) atoms. The van der Waals surface area contributed by atoms with Crippen LogP contribution in [-0.2, 0) is 6.54 Å². The van der Waals surface area contributed by atoms with E-state index >= 15 is 0 Å². The number of benzene rings is 1. The Morgan fingerprint density at radius 1 is 1.42 bits per heavy atom. The predicted octanol–water partition coefficient (Wildman–Crippen LogP) is 1.44. The SMILES string of the molecule is Cc1cnn(Cc2ccc(C(=O)O)c(F)c2)c(=O)c1. The molecule has 1 aromatic heterocycles. The fourth-order valence-electron chi connectivity index (χ4n) is 1.65. The minimum atomic E-state index is -1.32. The van der Waals surface area contributed by atoms with Crippen molar-refractivity contribution in [3.63, 3.8) is 0 Å². The third-order valence-corrected chi connectivity index (χ3v) is 2.60. The molecule has 0 atom stereocenters. The van der Waals surface area contributed by atoms with Crippen LogP contribution in [0.5, 0.6) is 0 Å². The number of aromatic nitrogens is 2. The molecular weight excluding hydrogens is 251 g/mol. The summed E-state index contributed by atoms with van der Waals surface area (Å²) in [5, 5.41) is 12.6. The van der Waals surface area contributed by atoms with Crippen molar-refractivity contribution in [2.24, 2.45) is 0 Å². The monoisotopic (exact) mass is 262 g/mol. The zero-order chi connectivity index (χ0) is 14.0. The summed E-state index contributed by atoms with van der Waals surface area (Å²) in [7, 11) is 0. The molecule has 0 unspecified atom stereocenters. The van der Waals surface area contributed by atoms with Crippen molar-refractivity contribution in [1.82, 2.24) is 9.78 Å². The van der Waals surface area contributed by atoms with E-state index in [0.29, 0.717) is 5.56 Å². The minimum absolute atomic E-state index is 0.0932. The quantitative estimate of drug-likeness (QED) is 0.908. The van der Waals surface area contributed by atoms with Gasteiger partial charge >= 0.3 is 5.97 Å². The number of carboxylic acids is 1. The molecule has 1 heterocycles. The first kappa shape index (κ1) is 12.9. The molecule has 98 valence electrons. The Morgan fingerprint density at radius 2 is 2.16 bits per heavy atom. The number of halogens is 1. The summed E-state index contributed by atoms with van der Waals surface area (Å²) in [6, 6.07) is 5.15. The van der Waals surface area contributed by atoms with E-state index in [0.717, 1.165) is 11.6 Å². The highest BCUT2D eigenvalue weighted by Gasteiger charge is 2.10. The summed E-state index contributed by atoms with van der Waals surface area (Å²) in [4.78, 5) is 22.3. The van der Waals surface area contributed by atoms with E-state index in [2.05, 4.69) is 5.10 Å². The Bertz CT molecular complexity index is 695. The van der Waals surface area contributed by atoms with Crippen LogP contribution in [-0.4, -0.2) is 20.9 Å². The Kier molecular flexibility index (Phi) is 3.41. The number of carbonyl (C=O) groups is 1. The lowest BCUT2D eigenvalue weighted by atomic mass is 10.1. The molecule has 1 aromatic carbocycles. The molecule has 0 saturated heterocycles. The fourth-order valence-corrected chi connectivity index (χ4v) is 1.65. The molecule has 5 nitrogen and oxygen atoms in total. The average molecular weight is 262 g/mol. The number of nitrogens with zero attached hydrogens (tertiary/aromatic N) is 2. The maximum Gasteiger partial charge on any atom is 0.338 e. The number of hydrogen-bond donors (Lipinski definition) is 1. The van der Waals surface area contributed by atoms with Gasteiger partial charge in [-0.05, 0) is 30.2 Å². The molecule has 0 fully saturated rings. The van der Waals surface area contributed by atoms with Crippen LogP contribution in [0.1, 0.15) is 21.5 Å². The zero-order valence-corrected chi connectivity index (χ0v) is 10.1. The smallest absolute Gasteiger partial charge is 0.338 e. The first-order chi connectivity index (χ1) is 8.97. The molecule has 2 rings (SSSR count). The first-order valence-corrected chi connectivity index (χ1v) is 5.53. The number of hydrogen-bond acceptors (Lipinski definition) is 3. The van der Waals surface area contributed by atoms with Gasteiger partial charge in [0.05, 0.1) is 18.3 Å². The van der Waals surface area contributed by atoms with Crippen LogP contribution < -0.4 is 5.56 Å². The van der Waals surface area contributed by atoms with E-state index in [1.54, 1.807) is 6.92 Å². The van der Waals surface area contributed by atoms with E-state index in [1.807, 2.05) is 0 Å². The van der Waals surface area contributed by atoms with Crippen molar-refractivity contribution < 1.29 is 14.3 Å². The van der Waals surface area contributed by atoms with Crippen molar-refractivity contribution in [2.45, 2.75) is 13.5 Å². The number of carboxylic acid groups (broad SMARTS) is 1. The molecule has 2 aromatic rings. The van der Waals surface area contributed by atoms with Crippen LogP contribution >= 0.6 is 0 Å². The molecule has 0 spiro atoms. The van der Waals surface area contributed by atoms with Gasteiger partial charge in [0.1, 0.15) is 5.82 Å². The highest BCUT2D eigenvalue weighted by atomic mass is 19.1. The van der Waals surface area contributed by atoms with E-state index < -0.39 is 17.3 Å². The van der Waals surface area contributed by atoms with Gasteiger partial charge in [-0.15, -0.1) is 0 Å². The van der Waals surface area contributed by atoms with Gasteiger partial charge in [0, 0.05) is 6.07 Å². The number of aryl methyl sites for hydroxylation is 1. The van der Waals surface area contributed by atoms with Crippen molar-refractivity contribution >= 4 is 5.97 Å². The van der Waals surface area contributed by atoms with Crippen molar-refractivity contribution in [3.8, 4) is 0 Å². The number of aromatic carboxylic acids is 1. The van der Waals surface area contributed by atoms with Crippen LogP contribution in [0.3, 0.4) is 0 Å². The normalized spacial score (nSPS) is 10.4. The summed E-state index contributed by atoms with van der Waals surface area (Å²) in [5.41, 5.74) is 0.533. The molecule has 0 amide bonds. The van der Waals surface area contributed by atoms with Crippen LogP contribution in [0.2, 0.25) is 0 Å². The predicted molar refractivity (Wildman–Crippen MR) is 65.7 cm³/mol. The fraction of sp³-hybridized carbons (Fsp3) is 0.154. The van der Waals surface area contributed by atoms with Gasteiger partial charge in [-0.25, -0.2) is 13.9 Å². The van der Waals surface area contributed by atoms with E-state index in [9.17, 15) is 14.0 Å². The lowest BCUT2D eigenvalue weighted by Gasteiger charge is -2.06. The maximum atomic E-state index is 13.5. The summed E-state index contributed by atoms with van der Waals surface area (Å²) in [6.45, 7) is 1.84. The van der Waals surface area contributed by atoms with E-state index in [1.165, 1.54) is 29.1 Å². The van der Waals surface area contributed by atoms with Gasteiger partial charge in [0.25, 0.3) is 5.56 Å². The Hall–Kier alpha value is -2.50. The van der Waals surface area contributed by atoms with E-state index in [-0.39, 0.29) is 12.1 Å². The maximum absolute atomic E-state index is 13.5. The van der Waals surface area contributed by atoms with Gasteiger partial charge in [0.15, 0.2) is 0 Å². The molecule has 0 aliphatic heterocycles. The molecular formula is C13H11FN2O3. The molecule has 0 bridgehead atoms. The van der Waals surface area contributed by atoms with Gasteiger partial charge in [-0.3, -0.25) is 4.79 Å². The minimum Gasteiger partial charge on any atom is -0.478 e. The lowest BCUT2D eigenvalue weighted by Crippen LogP contribution is -2.22. The molecule has 1 N–H and O–H groups in total. The molecule has 0 radical (unpaired) electrons. The second-order valence-electron chi connectivity index (χ2n) is 4.15. The third-order valence-electron chi connectivity index (χ3n) is 2.60. The zero-order valence-electron chi connectivity index (χ0n) is 10.1. The highest BCUT2D eigenvalue weighted by Crippen LogP contribution is 2.11.